The highest BCUT2D eigenvalue weighted by molar-refractivity contribution is 6.30. The number of benzene rings is 2. The fourth-order valence-corrected chi connectivity index (χ4v) is 3.30. The minimum absolute atomic E-state index is 0.103. The van der Waals surface area contributed by atoms with Gasteiger partial charge in [0.15, 0.2) is 0 Å². The smallest absolute Gasteiger partial charge is 0.223 e. The van der Waals surface area contributed by atoms with Crippen LogP contribution in [-0.4, -0.2) is 19.0 Å². The Kier molecular flexibility index (Phi) is 5.41. The van der Waals surface area contributed by atoms with E-state index < -0.39 is 0 Å². The van der Waals surface area contributed by atoms with Crippen LogP contribution in [0.25, 0.3) is 0 Å². The summed E-state index contributed by atoms with van der Waals surface area (Å²) in [6, 6.07) is 16.2. The van der Waals surface area contributed by atoms with Gasteiger partial charge in [0.05, 0.1) is 0 Å². The van der Waals surface area contributed by atoms with Crippen molar-refractivity contribution in [3.8, 4) is 0 Å². The summed E-state index contributed by atoms with van der Waals surface area (Å²) in [6.45, 7) is 4.45. The van der Waals surface area contributed by atoms with Crippen molar-refractivity contribution in [3.63, 3.8) is 0 Å². The molecular weight excluding hydrogens is 320 g/mol. The summed E-state index contributed by atoms with van der Waals surface area (Å²) in [5.41, 5.74) is 3.52. The molecule has 3 nitrogen and oxygen atoms in total. The molecule has 0 spiro atoms. The summed E-state index contributed by atoms with van der Waals surface area (Å²) in [4.78, 5) is 14.7. The number of halogens is 1. The van der Waals surface area contributed by atoms with Crippen LogP contribution in [0.15, 0.2) is 48.5 Å². The van der Waals surface area contributed by atoms with E-state index in [9.17, 15) is 4.79 Å². The van der Waals surface area contributed by atoms with Crippen molar-refractivity contribution in [2.45, 2.75) is 26.3 Å². The van der Waals surface area contributed by atoms with Gasteiger partial charge in [0.1, 0.15) is 0 Å². The molecule has 1 fully saturated rings. The summed E-state index contributed by atoms with van der Waals surface area (Å²) in [6.07, 6.45) is 1.76. The normalized spacial score (nSPS) is 15.3. The van der Waals surface area contributed by atoms with Crippen LogP contribution in [0.4, 0.5) is 5.69 Å². The maximum atomic E-state index is 12.4. The number of aryl methyl sites for hydroxylation is 1. The number of carbonyl (C=O) groups is 1. The van der Waals surface area contributed by atoms with Crippen molar-refractivity contribution in [1.82, 2.24) is 5.32 Å². The molecule has 0 bridgehead atoms. The Morgan fingerprint density at radius 2 is 1.88 bits per heavy atom. The highest BCUT2D eigenvalue weighted by Crippen LogP contribution is 2.25. The Morgan fingerprint density at radius 3 is 2.54 bits per heavy atom. The lowest BCUT2D eigenvalue weighted by molar-refractivity contribution is -0.125. The van der Waals surface area contributed by atoms with Crippen LogP contribution in [-0.2, 0) is 11.3 Å². The highest BCUT2D eigenvalue weighted by atomic mass is 35.5. The second-order valence-electron chi connectivity index (χ2n) is 6.44. The van der Waals surface area contributed by atoms with E-state index in [1.165, 1.54) is 5.56 Å². The predicted molar refractivity (Wildman–Crippen MR) is 99.4 cm³/mol. The molecule has 0 radical (unpaired) electrons. The molecule has 24 heavy (non-hydrogen) atoms. The van der Waals surface area contributed by atoms with E-state index >= 15 is 0 Å². The van der Waals surface area contributed by atoms with Gasteiger partial charge < -0.3 is 10.2 Å². The van der Waals surface area contributed by atoms with E-state index in [2.05, 4.69) is 47.5 Å². The number of nitrogens with one attached hydrogen (secondary N) is 1. The first kappa shape index (κ1) is 16.8. The molecule has 1 N–H and O–H groups in total. The molecule has 2 aromatic carbocycles. The first-order chi connectivity index (χ1) is 11.6. The fourth-order valence-electron chi connectivity index (χ4n) is 3.11. The average molecular weight is 343 g/mol. The van der Waals surface area contributed by atoms with Gasteiger partial charge in [-0.25, -0.2) is 0 Å². The second kappa shape index (κ2) is 7.71. The molecule has 126 valence electrons. The summed E-state index contributed by atoms with van der Waals surface area (Å²) < 4.78 is 0. The van der Waals surface area contributed by atoms with Crippen LogP contribution >= 0.6 is 11.6 Å². The molecule has 1 aliphatic rings. The van der Waals surface area contributed by atoms with Crippen molar-refractivity contribution in [2.75, 3.05) is 18.0 Å². The number of carbonyl (C=O) groups excluding carboxylic acids is 1. The fraction of sp³-hybridized carbons (Fsp3) is 0.350. The lowest BCUT2D eigenvalue weighted by Crippen LogP contribution is -2.40. The number of hydrogen-bond acceptors (Lipinski definition) is 2. The molecule has 1 aliphatic heterocycles. The second-order valence-corrected chi connectivity index (χ2v) is 6.88. The Balaban J connectivity index is 1.49. The van der Waals surface area contributed by atoms with E-state index in [0.717, 1.165) is 42.2 Å². The van der Waals surface area contributed by atoms with E-state index in [1.54, 1.807) is 0 Å². The zero-order valence-corrected chi connectivity index (χ0v) is 14.7. The molecule has 1 amide bonds. The van der Waals surface area contributed by atoms with Gasteiger partial charge >= 0.3 is 0 Å². The predicted octanol–water partition coefficient (Wildman–Crippen LogP) is 4.18. The SMILES string of the molecule is Cc1ccc(CNC(=O)C2CCN(c3cccc(Cl)c3)CC2)cc1. The van der Waals surface area contributed by atoms with E-state index in [-0.39, 0.29) is 11.8 Å². The molecular formula is C20H23ClN2O. The molecule has 0 aliphatic carbocycles. The summed E-state index contributed by atoms with van der Waals surface area (Å²) in [5, 5.41) is 3.83. The number of amides is 1. The molecule has 0 unspecified atom stereocenters. The third-order valence-electron chi connectivity index (χ3n) is 4.63. The molecule has 0 saturated carbocycles. The van der Waals surface area contributed by atoms with Gasteiger partial charge in [-0.3, -0.25) is 4.79 Å². The van der Waals surface area contributed by atoms with Crippen molar-refractivity contribution >= 4 is 23.2 Å². The number of piperidine rings is 1. The lowest BCUT2D eigenvalue weighted by Gasteiger charge is -2.33. The molecule has 0 aromatic heterocycles. The van der Waals surface area contributed by atoms with Gasteiger partial charge in [-0.1, -0.05) is 47.5 Å². The van der Waals surface area contributed by atoms with Gasteiger partial charge in [0.2, 0.25) is 5.91 Å². The third kappa shape index (κ3) is 4.30. The van der Waals surface area contributed by atoms with Crippen molar-refractivity contribution < 1.29 is 4.79 Å². The molecule has 3 rings (SSSR count). The zero-order valence-electron chi connectivity index (χ0n) is 14.0. The standard InChI is InChI=1S/C20H23ClN2O/c1-15-5-7-16(8-6-15)14-22-20(24)17-9-11-23(12-10-17)19-4-2-3-18(21)13-19/h2-8,13,17H,9-12,14H2,1H3,(H,22,24). The highest BCUT2D eigenvalue weighted by Gasteiger charge is 2.24. The van der Waals surface area contributed by atoms with Crippen LogP contribution in [0.5, 0.6) is 0 Å². The summed E-state index contributed by atoms with van der Waals surface area (Å²) in [5.74, 6) is 0.271. The van der Waals surface area contributed by atoms with Crippen molar-refractivity contribution in [1.29, 1.82) is 0 Å². The summed E-state index contributed by atoms with van der Waals surface area (Å²) >= 11 is 6.06. The number of anilines is 1. The maximum Gasteiger partial charge on any atom is 0.223 e. The zero-order chi connectivity index (χ0) is 16.9. The van der Waals surface area contributed by atoms with Crippen molar-refractivity contribution in [3.05, 3.63) is 64.7 Å². The van der Waals surface area contributed by atoms with Gasteiger partial charge in [-0.05, 0) is 43.5 Å². The van der Waals surface area contributed by atoms with Gasteiger partial charge in [-0.2, -0.15) is 0 Å². The molecule has 4 heteroatoms. The number of hydrogen-bond donors (Lipinski definition) is 1. The van der Waals surface area contributed by atoms with Gasteiger partial charge in [0.25, 0.3) is 0 Å². The molecule has 2 aromatic rings. The minimum Gasteiger partial charge on any atom is -0.371 e. The van der Waals surface area contributed by atoms with E-state index in [0.29, 0.717) is 6.54 Å². The first-order valence-electron chi connectivity index (χ1n) is 8.45. The minimum atomic E-state index is 0.103. The number of nitrogens with zero attached hydrogens (tertiary/aromatic N) is 1. The van der Waals surface area contributed by atoms with Crippen LogP contribution in [0, 0.1) is 12.8 Å². The van der Waals surface area contributed by atoms with Crippen molar-refractivity contribution in [2.24, 2.45) is 5.92 Å². The van der Waals surface area contributed by atoms with Crippen LogP contribution < -0.4 is 10.2 Å². The van der Waals surface area contributed by atoms with Gasteiger partial charge in [-0.15, -0.1) is 0 Å². The van der Waals surface area contributed by atoms with Crippen LogP contribution in [0.3, 0.4) is 0 Å². The molecule has 1 heterocycles. The Morgan fingerprint density at radius 1 is 1.17 bits per heavy atom. The summed E-state index contributed by atoms with van der Waals surface area (Å²) in [7, 11) is 0. The molecule has 1 saturated heterocycles. The molecule has 0 atom stereocenters. The first-order valence-corrected chi connectivity index (χ1v) is 8.83. The van der Waals surface area contributed by atoms with Crippen LogP contribution in [0.2, 0.25) is 5.02 Å². The van der Waals surface area contributed by atoms with E-state index in [1.807, 2.05) is 18.2 Å². The van der Waals surface area contributed by atoms with Crippen LogP contribution in [0.1, 0.15) is 24.0 Å². The maximum absolute atomic E-state index is 12.4. The Labute approximate surface area is 148 Å². The largest absolute Gasteiger partial charge is 0.371 e. The van der Waals surface area contributed by atoms with Gasteiger partial charge in [0, 0.05) is 36.3 Å². The monoisotopic (exact) mass is 342 g/mol. The van der Waals surface area contributed by atoms with E-state index in [4.69, 9.17) is 11.6 Å². The Bertz CT molecular complexity index is 691. The topological polar surface area (TPSA) is 32.3 Å². The quantitative estimate of drug-likeness (QED) is 0.904. The number of rotatable bonds is 4. The Hall–Kier alpha value is -2.00. The average Bonchev–Trinajstić information content (AvgIpc) is 2.61. The lowest BCUT2D eigenvalue weighted by atomic mass is 9.95. The third-order valence-corrected chi connectivity index (χ3v) is 4.86.